The average Bonchev–Trinajstić information content (AvgIpc) is 3.01. The first-order valence-electron chi connectivity index (χ1n) is 9.77. The zero-order valence-corrected chi connectivity index (χ0v) is 16.5. The quantitative estimate of drug-likeness (QED) is 0.823. The molecule has 146 valence electrons. The molecule has 2 atom stereocenters. The third kappa shape index (κ3) is 3.82. The molecule has 0 saturated carbocycles. The van der Waals surface area contributed by atoms with Gasteiger partial charge in [-0.1, -0.05) is 44.2 Å². The lowest BCUT2D eigenvalue weighted by molar-refractivity contribution is -0.327. The Labute approximate surface area is 157 Å². The molecule has 2 aliphatic rings. The maximum atomic E-state index is 10.8. The number of piperidine rings is 1. The number of benzene rings is 1. The molecule has 26 heavy (non-hydrogen) atoms. The van der Waals surface area contributed by atoms with Gasteiger partial charge in [0.05, 0.1) is 25.4 Å². The van der Waals surface area contributed by atoms with Crippen LogP contribution < -0.4 is 0 Å². The molecule has 3 rings (SSSR count). The van der Waals surface area contributed by atoms with Crippen molar-refractivity contribution in [1.29, 1.82) is 0 Å². The van der Waals surface area contributed by atoms with E-state index < -0.39 is 11.3 Å². The lowest BCUT2D eigenvalue weighted by atomic mass is 9.73. The van der Waals surface area contributed by atoms with Crippen LogP contribution in [0.4, 0.5) is 0 Å². The molecule has 5 heteroatoms. The van der Waals surface area contributed by atoms with Crippen LogP contribution in [0.15, 0.2) is 30.3 Å². The van der Waals surface area contributed by atoms with Crippen LogP contribution in [-0.4, -0.2) is 46.5 Å². The fourth-order valence-electron chi connectivity index (χ4n) is 4.58. The Morgan fingerprint density at radius 2 is 1.85 bits per heavy atom. The van der Waals surface area contributed by atoms with Gasteiger partial charge in [-0.05, 0) is 32.3 Å². The van der Waals surface area contributed by atoms with E-state index >= 15 is 0 Å². The van der Waals surface area contributed by atoms with E-state index in [9.17, 15) is 5.21 Å². The first kappa shape index (κ1) is 19.8. The highest BCUT2D eigenvalue weighted by Crippen LogP contribution is 2.49. The molecule has 1 aromatic carbocycles. The number of nitrogens with zero attached hydrogens (tertiary/aromatic N) is 1. The molecule has 0 aliphatic carbocycles. The van der Waals surface area contributed by atoms with Crippen molar-refractivity contribution >= 4 is 0 Å². The van der Waals surface area contributed by atoms with Crippen LogP contribution in [0.2, 0.25) is 0 Å². The molecule has 0 bridgehead atoms. The molecule has 1 aromatic rings. The predicted molar refractivity (Wildman–Crippen MR) is 99.9 cm³/mol. The molecule has 2 unspecified atom stereocenters. The van der Waals surface area contributed by atoms with Crippen LogP contribution in [0.1, 0.15) is 58.9 Å². The first-order valence-corrected chi connectivity index (χ1v) is 9.77. The van der Waals surface area contributed by atoms with Gasteiger partial charge < -0.3 is 19.4 Å². The highest BCUT2D eigenvalue weighted by Gasteiger charge is 2.58. The number of hydrogen-bond donors (Lipinski definition) is 1. The monoisotopic (exact) mass is 363 g/mol. The smallest absolute Gasteiger partial charge is 0.172 e. The van der Waals surface area contributed by atoms with Gasteiger partial charge >= 0.3 is 0 Å². The minimum absolute atomic E-state index is 0.0637. The molecule has 2 saturated heterocycles. The summed E-state index contributed by atoms with van der Waals surface area (Å²) < 4.78 is 18.4. The molecule has 1 N–H and O–H groups in total. The van der Waals surface area contributed by atoms with Crippen molar-refractivity contribution < 1.29 is 19.4 Å². The summed E-state index contributed by atoms with van der Waals surface area (Å²) in [6.45, 7) is 10.00. The highest BCUT2D eigenvalue weighted by atomic mass is 16.8. The number of hydrogen-bond acceptors (Lipinski definition) is 5. The SMILES string of the molecule is CCC1(CC)CC2(CC(C)(C)N1O)OCC(COCc1ccccc1)O2. The number of rotatable bonds is 6. The van der Waals surface area contributed by atoms with Crippen molar-refractivity contribution in [2.45, 2.75) is 83.0 Å². The number of ether oxygens (including phenoxy) is 3. The van der Waals surface area contributed by atoms with Crippen LogP contribution in [-0.2, 0) is 20.8 Å². The average molecular weight is 363 g/mol. The van der Waals surface area contributed by atoms with Gasteiger partial charge in [0.15, 0.2) is 5.79 Å². The summed E-state index contributed by atoms with van der Waals surface area (Å²) in [5, 5.41) is 12.4. The fourth-order valence-corrected chi connectivity index (χ4v) is 4.58. The normalized spacial score (nSPS) is 30.7. The molecule has 1 spiro atoms. The predicted octanol–water partition coefficient (Wildman–Crippen LogP) is 4.14. The van der Waals surface area contributed by atoms with Gasteiger partial charge in [-0.15, -0.1) is 0 Å². The van der Waals surface area contributed by atoms with Gasteiger partial charge in [-0.2, -0.15) is 5.06 Å². The van der Waals surface area contributed by atoms with E-state index in [1.54, 1.807) is 5.06 Å². The zero-order valence-electron chi connectivity index (χ0n) is 16.5. The van der Waals surface area contributed by atoms with E-state index in [-0.39, 0.29) is 11.6 Å². The van der Waals surface area contributed by atoms with E-state index in [1.807, 2.05) is 18.2 Å². The molecule has 0 amide bonds. The Morgan fingerprint density at radius 3 is 2.50 bits per heavy atom. The van der Waals surface area contributed by atoms with Gasteiger partial charge in [-0.3, -0.25) is 0 Å². The van der Waals surface area contributed by atoms with E-state index in [4.69, 9.17) is 14.2 Å². The molecule has 2 aliphatic heterocycles. The van der Waals surface area contributed by atoms with E-state index in [1.165, 1.54) is 0 Å². The molecular weight excluding hydrogens is 330 g/mol. The Balaban J connectivity index is 1.62. The molecule has 5 nitrogen and oxygen atoms in total. The van der Waals surface area contributed by atoms with Crippen LogP contribution in [0.25, 0.3) is 0 Å². The largest absolute Gasteiger partial charge is 0.374 e. The minimum atomic E-state index is -0.629. The van der Waals surface area contributed by atoms with Crippen molar-refractivity contribution in [3.05, 3.63) is 35.9 Å². The topological polar surface area (TPSA) is 51.2 Å². The maximum absolute atomic E-state index is 10.8. The van der Waals surface area contributed by atoms with Gasteiger partial charge in [0, 0.05) is 18.4 Å². The Bertz CT molecular complexity index is 587. The van der Waals surface area contributed by atoms with Crippen LogP contribution in [0, 0.1) is 0 Å². The van der Waals surface area contributed by atoms with Gasteiger partial charge in [0.2, 0.25) is 0 Å². The lowest BCUT2D eigenvalue weighted by Crippen LogP contribution is -2.66. The minimum Gasteiger partial charge on any atom is -0.374 e. The van der Waals surface area contributed by atoms with Crippen LogP contribution in [0.3, 0.4) is 0 Å². The third-order valence-electron chi connectivity index (χ3n) is 5.97. The van der Waals surface area contributed by atoms with E-state index in [0.29, 0.717) is 32.7 Å². The molecule has 0 aromatic heterocycles. The van der Waals surface area contributed by atoms with Crippen LogP contribution >= 0.6 is 0 Å². The summed E-state index contributed by atoms with van der Waals surface area (Å²) >= 11 is 0. The molecular formula is C21H33NO4. The first-order chi connectivity index (χ1) is 12.3. The van der Waals surface area contributed by atoms with Gasteiger partial charge in [0.25, 0.3) is 0 Å². The summed E-state index contributed by atoms with van der Waals surface area (Å²) in [5.41, 5.74) is 0.442. The molecule has 0 radical (unpaired) electrons. The second-order valence-electron chi connectivity index (χ2n) is 8.37. The molecule has 2 fully saturated rings. The second kappa shape index (κ2) is 7.56. The second-order valence-corrected chi connectivity index (χ2v) is 8.37. The summed E-state index contributed by atoms with van der Waals surface area (Å²) in [6, 6.07) is 10.2. The Kier molecular flexibility index (Phi) is 5.75. The summed E-state index contributed by atoms with van der Waals surface area (Å²) in [4.78, 5) is 0. The van der Waals surface area contributed by atoms with Crippen LogP contribution in [0.5, 0.6) is 0 Å². The van der Waals surface area contributed by atoms with Gasteiger partial charge in [-0.25, -0.2) is 0 Å². The standard InChI is InChI=1S/C21H33NO4/c1-5-20(6-2)16-21(15-19(3,4)22(20)23)25-14-18(26-21)13-24-12-17-10-8-7-9-11-17/h7-11,18,23H,5-6,12-16H2,1-4H3. The van der Waals surface area contributed by atoms with E-state index in [0.717, 1.165) is 18.4 Å². The van der Waals surface area contributed by atoms with Crippen molar-refractivity contribution in [2.24, 2.45) is 0 Å². The van der Waals surface area contributed by atoms with Gasteiger partial charge in [0.1, 0.15) is 6.10 Å². The van der Waals surface area contributed by atoms with Crippen molar-refractivity contribution in [3.63, 3.8) is 0 Å². The fraction of sp³-hybridized carbons (Fsp3) is 0.714. The Morgan fingerprint density at radius 1 is 1.15 bits per heavy atom. The summed E-state index contributed by atoms with van der Waals surface area (Å²) in [5.74, 6) is -0.629. The number of hydroxylamine groups is 2. The third-order valence-corrected chi connectivity index (χ3v) is 5.97. The molecule has 2 heterocycles. The lowest BCUT2D eigenvalue weighted by Gasteiger charge is -2.56. The van der Waals surface area contributed by atoms with Crippen molar-refractivity contribution in [3.8, 4) is 0 Å². The van der Waals surface area contributed by atoms with E-state index in [2.05, 4.69) is 39.8 Å². The van der Waals surface area contributed by atoms with Crippen molar-refractivity contribution in [2.75, 3.05) is 13.2 Å². The van der Waals surface area contributed by atoms with Crippen molar-refractivity contribution in [1.82, 2.24) is 5.06 Å². The highest BCUT2D eigenvalue weighted by molar-refractivity contribution is 5.13. The zero-order chi connectivity index (χ0) is 18.8. The summed E-state index contributed by atoms with van der Waals surface area (Å²) in [7, 11) is 0. The Hall–Kier alpha value is -0.980. The maximum Gasteiger partial charge on any atom is 0.172 e. The summed E-state index contributed by atoms with van der Waals surface area (Å²) in [6.07, 6.45) is 2.97.